The van der Waals surface area contributed by atoms with Gasteiger partial charge in [-0.05, 0) is 17.7 Å². The average Bonchev–Trinajstić information content (AvgIpc) is 2.46. The molecule has 0 spiro atoms. The third kappa shape index (κ3) is 2.84. The molecule has 106 valence electrons. The Morgan fingerprint density at radius 2 is 1.45 bits per heavy atom. The van der Waals surface area contributed by atoms with Crippen LogP contribution in [0.25, 0.3) is 0 Å². The number of methoxy groups -OCH3 is 1. The molecular formula is C14H10F4O2. The molecular weight excluding hydrogens is 276 g/mol. The van der Waals surface area contributed by atoms with Crippen molar-refractivity contribution in [1.29, 1.82) is 0 Å². The van der Waals surface area contributed by atoms with Crippen molar-refractivity contribution in [3.05, 3.63) is 59.2 Å². The van der Waals surface area contributed by atoms with Crippen LogP contribution in [-0.4, -0.2) is 7.11 Å². The summed E-state index contributed by atoms with van der Waals surface area (Å²) in [5.41, 5.74) is 0.564. The van der Waals surface area contributed by atoms with Gasteiger partial charge >= 0.3 is 0 Å². The van der Waals surface area contributed by atoms with E-state index in [1.165, 1.54) is 7.11 Å². The Morgan fingerprint density at radius 1 is 0.900 bits per heavy atom. The molecule has 0 saturated heterocycles. The van der Waals surface area contributed by atoms with Crippen LogP contribution in [-0.2, 0) is 6.61 Å². The summed E-state index contributed by atoms with van der Waals surface area (Å²) in [5, 5.41) is 0. The van der Waals surface area contributed by atoms with Gasteiger partial charge in [0.15, 0.2) is 17.4 Å². The van der Waals surface area contributed by atoms with Crippen molar-refractivity contribution in [2.24, 2.45) is 0 Å². The molecule has 0 heterocycles. The van der Waals surface area contributed by atoms with E-state index in [1.54, 1.807) is 24.3 Å². The molecule has 2 rings (SSSR count). The van der Waals surface area contributed by atoms with E-state index in [-0.39, 0.29) is 12.7 Å². The summed E-state index contributed by atoms with van der Waals surface area (Å²) in [7, 11) is 1.49. The highest BCUT2D eigenvalue weighted by molar-refractivity contribution is 5.30. The maximum atomic E-state index is 13.3. The number of halogens is 4. The van der Waals surface area contributed by atoms with Gasteiger partial charge in [0.2, 0.25) is 11.6 Å². The summed E-state index contributed by atoms with van der Waals surface area (Å²) in [5.74, 6) is -6.60. The lowest BCUT2D eigenvalue weighted by atomic mass is 10.2. The first-order chi connectivity index (χ1) is 9.52. The molecule has 0 radical (unpaired) electrons. The summed E-state index contributed by atoms with van der Waals surface area (Å²) in [6.07, 6.45) is 0. The largest absolute Gasteiger partial charge is 0.497 e. The van der Waals surface area contributed by atoms with Crippen molar-refractivity contribution < 1.29 is 27.0 Å². The molecule has 0 amide bonds. The molecule has 0 N–H and O–H groups in total. The second kappa shape index (κ2) is 5.81. The van der Waals surface area contributed by atoms with Crippen molar-refractivity contribution in [3.8, 4) is 11.5 Å². The summed E-state index contributed by atoms with van der Waals surface area (Å²) >= 11 is 0. The third-order valence-corrected chi connectivity index (χ3v) is 2.61. The molecule has 0 aromatic heterocycles. The van der Waals surface area contributed by atoms with E-state index in [0.29, 0.717) is 11.3 Å². The zero-order valence-electron chi connectivity index (χ0n) is 10.4. The molecule has 2 aromatic rings. The Bertz CT molecular complexity index is 585. The van der Waals surface area contributed by atoms with Gasteiger partial charge in [0.25, 0.3) is 0 Å². The van der Waals surface area contributed by atoms with E-state index in [0.717, 1.165) is 0 Å². The fourth-order valence-corrected chi connectivity index (χ4v) is 1.56. The van der Waals surface area contributed by atoms with Crippen LogP contribution in [0.3, 0.4) is 0 Å². The monoisotopic (exact) mass is 286 g/mol. The van der Waals surface area contributed by atoms with E-state index >= 15 is 0 Å². The van der Waals surface area contributed by atoms with Crippen LogP contribution < -0.4 is 9.47 Å². The zero-order chi connectivity index (χ0) is 14.7. The number of hydrogen-bond acceptors (Lipinski definition) is 2. The van der Waals surface area contributed by atoms with Crippen molar-refractivity contribution >= 4 is 0 Å². The van der Waals surface area contributed by atoms with Crippen LogP contribution in [0.1, 0.15) is 5.56 Å². The SMILES string of the molecule is COc1ccc(COc2c(F)c(F)cc(F)c2F)cc1. The van der Waals surface area contributed by atoms with Gasteiger partial charge in [-0.15, -0.1) is 0 Å². The quantitative estimate of drug-likeness (QED) is 0.628. The van der Waals surface area contributed by atoms with Gasteiger partial charge in [0, 0.05) is 6.07 Å². The second-order valence-electron chi connectivity index (χ2n) is 3.93. The van der Waals surface area contributed by atoms with Crippen molar-refractivity contribution in [2.75, 3.05) is 7.11 Å². The van der Waals surface area contributed by atoms with Crippen molar-refractivity contribution in [3.63, 3.8) is 0 Å². The average molecular weight is 286 g/mol. The first-order valence-corrected chi connectivity index (χ1v) is 5.61. The number of ether oxygens (including phenoxy) is 2. The van der Waals surface area contributed by atoms with Gasteiger partial charge in [-0.1, -0.05) is 12.1 Å². The zero-order valence-corrected chi connectivity index (χ0v) is 10.4. The fourth-order valence-electron chi connectivity index (χ4n) is 1.56. The highest BCUT2D eigenvalue weighted by atomic mass is 19.2. The van der Waals surface area contributed by atoms with Gasteiger partial charge in [0.1, 0.15) is 12.4 Å². The molecule has 2 nitrogen and oxygen atoms in total. The van der Waals surface area contributed by atoms with E-state index in [4.69, 9.17) is 9.47 Å². The Morgan fingerprint density at radius 3 is 1.95 bits per heavy atom. The minimum absolute atomic E-state index is 0.130. The molecule has 2 aromatic carbocycles. The predicted octanol–water partition coefficient (Wildman–Crippen LogP) is 3.83. The molecule has 0 atom stereocenters. The minimum atomic E-state index is -1.56. The van der Waals surface area contributed by atoms with Gasteiger partial charge < -0.3 is 9.47 Å². The number of benzene rings is 2. The van der Waals surface area contributed by atoms with Crippen LogP contribution in [0.2, 0.25) is 0 Å². The normalized spacial score (nSPS) is 10.4. The van der Waals surface area contributed by atoms with E-state index in [2.05, 4.69) is 0 Å². The van der Waals surface area contributed by atoms with Gasteiger partial charge in [-0.3, -0.25) is 0 Å². The molecule has 0 bridgehead atoms. The van der Waals surface area contributed by atoms with Crippen molar-refractivity contribution in [2.45, 2.75) is 6.61 Å². The summed E-state index contributed by atoms with van der Waals surface area (Å²) in [4.78, 5) is 0. The Labute approximate surface area is 112 Å². The van der Waals surface area contributed by atoms with E-state index < -0.39 is 29.0 Å². The maximum absolute atomic E-state index is 13.3. The lowest BCUT2D eigenvalue weighted by Gasteiger charge is -2.10. The van der Waals surface area contributed by atoms with Gasteiger partial charge in [-0.25, -0.2) is 8.78 Å². The molecule has 0 saturated carbocycles. The standard InChI is InChI=1S/C14H10F4O2/c1-19-9-4-2-8(3-5-9)7-20-14-12(17)10(15)6-11(16)13(14)18/h2-6H,7H2,1H3. The molecule has 0 aliphatic heterocycles. The summed E-state index contributed by atoms with van der Waals surface area (Å²) < 4.78 is 62.4. The lowest BCUT2D eigenvalue weighted by molar-refractivity contribution is 0.261. The minimum Gasteiger partial charge on any atom is -0.497 e. The number of hydrogen-bond donors (Lipinski definition) is 0. The maximum Gasteiger partial charge on any atom is 0.203 e. The van der Waals surface area contributed by atoms with Gasteiger partial charge in [-0.2, -0.15) is 8.78 Å². The molecule has 0 aliphatic rings. The molecule has 20 heavy (non-hydrogen) atoms. The van der Waals surface area contributed by atoms with Crippen LogP contribution in [0.5, 0.6) is 11.5 Å². The predicted molar refractivity (Wildman–Crippen MR) is 63.6 cm³/mol. The fraction of sp³-hybridized carbons (Fsp3) is 0.143. The van der Waals surface area contributed by atoms with Crippen LogP contribution in [0.4, 0.5) is 17.6 Å². The molecule has 0 aliphatic carbocycles. The van der Waals surface area contributed by atoms with E-state index in [1.807, 2.05) is 0 Å². The Hall–Kier alpha value is -2.24. The molecule has 6 heteroatoms. The first kappa shape index (κ1) is 14.2. The third-order valence-electron chi connectivity index (χ3n) is 2.61. The lowest BCUT2D eigenvalue weighted by Crippen LogP contribution is -2.03. The highest BCUT2D eigenvalue weighted by Crippen LogP contribution is 2.27. The Balaban J connectivity index is 2.18. The smallest absolute Gasteiger partial charge is 0.203 e. The Kier molecular flexibility index (Phi) is 4.12. The van der Waals surface area contributed by atoms with Crippen LogP contribution in [0.15, 0.2) is 30.3 Å². The molecule has 0 fully saturated rings. The summed E-state index contributed by atoms with van der Waals surface area (Å²) in [6.45, 7) is -0.235. The van der Waals surface area contributed by atoms with Crippen LogP contribution >= 0.6 is 0 Å². The topological polar surface area (TPSA) is 18.5 Å². The van der Waals surface area contributed by atoms with Crippen LogP contribution in [0, 0.1) is 23.3 Å². The van der Waals surface area contributed by atoms with Gasteiger partial charge in [0.05, 0.1) is 7.11 Å². The van der Waals surface area contributed by atoms with Crippen molar-refractivity contribution in [1.82, 2.24) is 0 Å². The summed E-state index contributed by atoms with van der Waals surface area (Å²) in [6, 6.07) is 6.58. The van der Waals surface area contributed by atoms with E-state index in [9.17, 15) is 17.6 Å². The molecule has 0 unspecified atom stereocenters. The highest BCUT2D eigenvalue weighted by Gasteiger charge is 2.20. The first-order valence-electron chi connectivity index (χ1n) is 5.61. The number of rotatable bonds is 4. The second-order valence-corrected chi connectivity index (χ2v) is 3.93.